The monoisotopic (exact) mass is 532 g/mol. The summed E-state index contributed by atoms with van der Waals surface area (Å²) in [5, 5.41) is 11.3. The van der Waals surface area contributed by atoms with Crippen LogP contribution in [0.3, 0.4) is 0 Å². The first kappa shape index (κ1) is 28.0. The Morgan fingerprint density at radius 3 is 2.08 bits per heavy atom. The zero-order chi connectivity index (χ0) is 28.0. The average Bonchev–Trinajstić information content (AvgIpc) is 3.09. The smallest absolute Gasteiger partial charge is 0.338 e. The number of aliphatic hydroxyl groups excluding tert-OH is 1. The van der Waals surface area contributed by atoms with E-state index in [0.717, 1.165) is 0 Å². The predicted octanol–water partition coefficient (Wildman–Crippen LogP) is 2.59. The molecule has 10 heteroatoms. The third-order valence-corrected chi connectivity index (χ3v) is 8.50. The second-order valence-electron chi connectivity index (χ2n) is 11.2. The summed E-state index contributed by atoms with van der Waals surface area (Å²) in [7, 11) is 0. The summed E-state index contributed by atoms with van der Waals surface area (Å²) in [6.07, 6.45) is -3.95. The van der Waals surface area contributed by atoms with Gasteiger partial charge in [0.2, 0.25) is 0 Å². The Bertz CT molecular complexity index is 1100. The number of carbonyl (C=O) groups excluding carboxylic acids is 4. The maximum Gasteiger partial charge on any atom is 0.338 e. The first-order chi connectivity index (χ1) is 17.8. The molecule has 1 aliphatic heterocycles. The fraction of sp³-hybridized carbons (Fsp3) is 0.643. The zero-order valence-corrected chi connectivity index (χ0v) is 22.6. The van der Waals surface area contributed by atoms with Crippen molar-refractivity contribution in [3.05, 3.63) is 35.9 Å². The lowest BCUT2D eigenvalue weighted by molar-refractivity contribution is -0.306. The molecule has 10 nitrogen and oxygen atoms in total. The molecule has 208 valence electrons. The highest BCUT2D eigenvalue weighted by Crippen LogP contribution is 2.67. The van der Waals surface area contributed by atoms with Gasteiger partial charge in [0.25, 0.3) is 0 Å². The molecule has 1 aromatic carbocycles. The number of esters is 4. The Hall–Kier alpha value is -2.98. The number of benzene rings is 1. The molecule has 0 aromatic heterocycles. The van der Waals surface area contributed by atoms with E-state index in [1.807, 2.05) is 20.8 Å². The highest BCUT2D eigenvalue weighted by atomic mass is 16.6. The van der Waals surface area contributed by atoms with Crippen LogP contribution in [0.2, 0.25) is 0 Å². The lowest BCUT2D eigenvalue weighted by atomic mass is 9.48. The van der Waals surface area contributed by atoms with Gasteiger partial charge in [0.05, 0.1) is 23.4 Å². The van der Waals surface area contributed by atoms with Crippen molar-refractivity contribution in [3.8, 4) is 0 Å². The van der Waals surface area contributed by atoms with E-state index in [9.17, 15) is 24.3 Å². The van der Waals surface area contributed by atoms with E-state index in [1.165, 1.54) is 20.8 Å². The van der Waals surface area contributed by atoms with Crippen molar-refractivity contribution in [1.29, 1.82) is 0 Å². The van der Waals surface area contributed by atoms with E-state index >= 15 is 0 Å². The van der Waals surface area contributed by atoms with Crippen LogP contribution in [0, 0.1) is 17.3 Å². The van der Waals surface area contributed by atoms with Crippen LogP contribution in [0.15, 0.2) is 30.3 Å². The minimum atomic E-state index is -1.63. The van der Waals surface area contributed by atoms with Gasteiger partial charge >= 0.3 is 23.9 Å². The van der Waals surface area contributed by atoms with E-state index in [1.54, 1.807) is 30.3 Å². The van der Waals surface area contributed by atoms with Crippen molar-refractivity contribution in [2.45, 2.75) is 90.0 Å². The van der Waals surface area contributed by atoms with E-state index in [4.69, 9.17) is 23.7 Å². The SMILES string of the molecule is CC(=O)O[C@H]1[C@@H]2C[C@]3(OC2(C)C)[C@H](C)C[C@@H](OC(C)=O)[C@H](OC(C)=O)[C@@]3(CO)[C@H]1OC(=O)c1ccccc1. The molecule has 3 fully saturated rings. The van der Waals surface area contributed by atoms with Crippen LogP contribution < -0.4 is 0 Å². The van der Waals surface area contributed by atoms with Crippen LogP contribution in [-0.4, -0.2) is 71.2 Å². The van der Waals surface area contributed by atoms with Gasteiger partial charge < -0.3 is 28.8 Å². The van der Waals surface area contributed by atoms with Crippen LogP contribution in [-0.2, 0) is 38.1 Å². The van der Waals surface area contributed by atoms with Gasteiger partial charge in [0.15, 0.2) is 12.2 Å². The summed E-state index contributed by atoms with van der Waals surface area (Å²) < 4.78 is 30.2. The standard InChI is InChI=1S/C28H36O10/c1-15-12-21(34-16(2)30)23(36-18(4)32)27(14-29)24(37-25(33)19-10-8-7-9-11-19)22(35-17(3)31)20-13-28(15,27)38-26(20,5)6/h7-11,15,20-24,29H,12-14H2,1-6H3/t15-,20+,21-,22+,23+,24+,27+,28+/m1/s1. The van der Waals surface area contributed by atoms with Gasteiger partial charge in [0.1, 0.15) is 17.6 Å². The molecule has 4 rings (SSSR count). The predicted molar refractivity (Wildman–Crippen MR) is 132 cm³/mol. The molecule has 2 saturated carbocycles. The van der Waals surface area contributed by atoms with Crippen LogP contribution in [0.4, 0.5) is 0 Å². The molecule has 1 aromatic rings. The Kier molecular flexibility index (Phi) is 7.35. The number of hydrogen-bond donors (Lipinski definition) is 1. The molecule has 8 atom stereocenters. The molecule has 3 aliphatic rings. The summed E-state index contributed by atoms with van der Waals surface area (Å²) >= 11 is 0. The molecule has 1 N–H and O–H groups in total. The topological polar surface area (TPSA) is 135 Å². The first-order valence-corrected chi connectivity index (χ1v) is 12.9. The summed E-state index contributed by atoms with van der Waals surface area (Å²) in [5.41, 5.74) is -3.41. The average molecular weight is 533 g/mol. The third-order valence-electron chi connectivity index (χ3n) is 8.50. The second-order valence-corrected chi connectivity index (χ2v) is 11.2. The van der Waals surface area contributed by atoms with Crippen molar-refractivity contribution < 1.29 is 48.0 Å². The van der Waals surface area contributed by atoms with Crippen LogP contribution in [0.25, 0.3) is 0 Å². The van der Waals surface area contributed by atoms with Crippen molar-refractivity contribution in [1.82, 2.24) is 0 Å². The number of fused-ring (bicyclic) bond motifs is 1. The van der Waals surface area contributed by atoms with Crippen LogP contribution in [0.5, 0.6) is 0 Å². The molecule has 1 spiro atoms. The fourth-order valence-electron chi connectivity index (χ4n) is 7.12. The highest BCUT2D eigenvalue weighted by Gasteiger charge is 2.80. The van der Waals surface area contributed by atoms with E-state index in [-0.39, 0.29) is 17.9 Å². The van der Waals surface area contributed by atoms with Gasteiger partial charge in [-0.15, -0.1) is 0 Å². The van der Waals surface area contributed by atoms with Crippen molar-refractivity contribution >= 4 is 23.9 Å². The third kappa shape index (κ3) is 4.37. The van der Waals surface area contributed by atoms with Crippen molar-refractivity contribution in [2.75, 3.05) is 6.61 Å². The molecule has 0 unspecified atom stereocenters. The normalized spacial score (nSPS) is 36.9. The summed E-state index contributed by atoms with van der Waals surface area (Å²) in [6, 6.07) is 8.28. The Labute approximate surface area is 221 Å². The largest absolute Gasteiger partial charge is 0.459 e. The summed E-state index contributed by atoms with van der Waals surface area (Å²) in [4.78, 5) is 50.3. The van der Waals surface area contributed by atoms with Crippen molar-refractivity contribution in [2.24, 2.45) is 17.3 Å². The van der Waals surface area contributed by atoms with Gasteiger partial charge in [-0.25, -0.2) is 4.79 Å². The Balaban J connectivity index is 1.97. The van der Waals surface area contributed by atoms with Gasteiger partial charge in [-0.05, 0) is 44.7 Å². The Morgan fingerprint density at radius 2 is 1.53 bits per heavy atom. The fourth-order valence-corrected chi connectivity index (χ4v) is 7.12. The molecular formula is C28H36O10. The number of ether oxygens (including phenoxy) is 5. The molecular weight excluding hydrogens is 496 g/mol. The van der Waals surface area contributed by atoms with E-state index in [2.05, 4.69) is 0 Å². The summed E-state index contributed by atoms with van der Waals surface area (Å²) in [5.74, 6) is -3.33. The second kappa shape index (κ2) is 9.96. The minimum Gasteiger partial charge on any atom is -0.459 e. The number of hydrogen-bond acceptors (Lipinski definition) is 10. The number of carbonyl (C=O) groups is 4. The molecule has 38 heavy (non-hydrogen) atoms. The highest BCUT2D eigenvalue weighted by molar-refractivity contribution is 5.89. The van der Waals surface area contributed by atoms with Gasteiger partial charge in [0, 0.05) is 26.7 Å². The van der Waals surface area contributed by atoms with Crippen LogP contribution in [0.1, 0.15) is 64.7 Å². The quantitative estimate of drug-likeness (QED) is 0.430. The van der Waals surface area contributed by atoms with E-state index < -0.39 is 77.4 Å². The Morgan fingerprint density at radius 1 is 0.921 bits per heavy atom. The molecule has 2 bridgehead atoms. The molecule has 0 radical (unpaired) electrons. The maximum atomic E-state index is 13.5. The minimum absolute atomic E-state index is 0.249. The van der Waals surface area contributed by atoms with Gasteiger partial charge in [-0.1, -0.05) is 25.1 Å². The maximum absolute atomic E-state index is 13.5. The van der Waals surface area contributed by atoms with Crippen LogP contribution >= 0.6 is 0 Å². The van der Waals surface area contributed by atoms with E-state index in [0.29, 0.717) is 6.42 Å². The summed E-state index contributed by atoms with van der Waals surface area (Å²) in [6.45, 7) is 8.66. The number of aliphatic hydroxyl groups is 1. The van der Waals surface area contributed by atoms with Crippen molar-refractivity contribution in [3.63, 3.8) is 0 Å². The lowest BCUT2D eigenvalue weighted by Crippen LogP contribution is -2.76. The van der Waals surface area contributed by atoms with Gasteiger partial charge in [-0.2, -0.15) is 0 Å². The molecule has 1 saturated heterocycles. The molecule has 0 amide bonds. The number of rotatable bonds is 6. The first-order valence-electron chi connectivity index (χ1n) is 12.9. The van der Waals surface area contributed by atoms with Gasteiger partial charge in [-0.3, -0.25) is 14.4 Å². The zero-order valence-electron chi connectivity index (χ0n) is 22.6. The molecule has 2 aliphatic carbocycles. The lowest BCUT2D eigenvalue weighted by Gasteiger charge is -2.62. The molecule has 1 heterocycles.